The highest BCUT2D eigenvalue weighted by Gasteiger charge is 2.20. The summed E-state index contributed by atoms with van der Waals surface area (Å²) in [6.07, 6.45) is 3.08. The molecule has 0 spiro atoms. The number of sulfone groups is 1. The lowest BCUT2D eigenvalue weighted by Gasteiger charge is -2.32. The second-order valence-electron chi connectivity index (χ2n) is 7.01. The van der Waals surface area contributed by atoms with E-state index in [1.165, 1.54) is 18.4 Å². The molecule has 0 saturated carbocycles. The second-order valence-corrected chi connectivity index (χ2v) is 9.27. The SMILES string of the molecule is CCNC(=NCc1cccc([N+](=O)[O-])c1)NC1CCN(CCS(C)(=O)=O)CC1. The van der Waals surface area contributed by atoms with Gasteiger partial charge in [-0.1, -0.05) is 12.1 Å². The Morgan fingerprint density at radius 3 is 2.68 bits per heavy atom. The smallest absolute Gasteiger partial charge is 0.269 e. The Bertz CT molecular complexity index is 789. The van der Waals surface area contributed by atoms with Gasteiger partial charge in [0, 0.05) is 50.6 Å². The van der Waals surface area contributed by atoms with Crippen molar-refractivity contribution in [3.05, 3.63) is 39.9 Å². The van der Waals surface area contributed by atoms with Crippen molar-refractivity contribution >= 4 is 21.5 Å². The number of non-ortho nitro benzene ring substituents is 1. The predicted octanol–water partition coefficient (Wildman–Crippen LogP) is 1.16. The van der Waals surface area contributed by atoms with Gasteiger partial charge in [0.1, 0.15) is 9.84 Å². The van der Waals surface area contributed by atoms with E-state index in [1.807, 2.05) is 13.0 Å². The van der Waals surface area contributed by atoms with Crippen LogP contribution in [0.1, 0.15) is 25.3 Å². The predicted molar refractivity (Wildman–Crippen MR) is 110 cm³/mol. The topological polar surface area (TPSA) is 117 Å². The number of nitrogens with zero attached hydrogens (tertiary/aromatic N) is 3. The summed E-state index contributed by atoms with van der Waals surface area (Å²) in [5.74, 6) is 0.877. The highest BCUT2D eigenvalue weighted by atomic mass is 32.2. The Morgan fingerprint density at radius 1 is 1.36 bits per heavy atom. The molecule has 0 atom stereocenters. The number of hydrogen-bond donors (Lipinski definition) is 2. The van der Waals surface area contributed by atoms with Gasteiger partial charge in [0.15, 0.2) is 5.96 Å². The van der Waals surface area contributed by atoms with E-state index in [1.54, 1.807) is 6.07 Å². The molecule has 1 aliphatic rings. The summed E-state index contributed by atoms with van der Waals surface area (Å²) in [5.41, 5.74) is 0.842. The molecule has 1 aliphatic heterocycles. The number of nitro benzene ring substituents is 1. The summed E-state index contributed by atoms with van der Waals surface area (Å²) in [5, 5.41) is 17.5. The van der Waals surface area contributed by atoms with E-state index in [9.17, 15) is 18.5 Å². The van der Waals surface area contributed by atoms with Gasteiger partial charge in [0.2, 0.25) is 0 Å². The fourth-order valence-electron chi connectivity index (χ4n) is 3.05. The first-order chi connectivity index (χ1) is 13.3. The summed E-state index contributed by atoms with van der Waals surface area (Å²) in [6.45, 7) is 5.32. The van der Waals surface area contributed by atoms with Gasteiger partial charge in [-0.15, -0.1) is 0 Å². The van der Waals surface area contributed by atoms with Crippen LogP contribution < -0.4 is 10.6 Å². The van der Waals surface area contributed by atoms with E-state index in [4.69, 9.17) is 0 Å². The van der Waals surface area contributed by atoms with E-state index in [0.29, 0.717) is 25.6 Å². The van der Waals surface area contributed by atoms with Gasteiger partial charge in [-0.05, 0) is 25.3 Å². The molecule has 1 aromatic rings. The number of hydrogen-bond acceptors (Lipinski definition) is 6. The summed E-state index contributed by atoms with van der Waals surface area (Å²) in [6, 6.07) is 6.75. The molecule has 0 aromatic heterocycles. The first-order valence-electron chi connectivity index (χ1n) is 9.45. The first kappa shape index (κ1) is 22.1. The van der Waals surface area contributed by atoms with E-state index in [-0.39, 0.29) is 17.5 Å². The number of piperidine rings is 1. The molecule has 0 aliphatic carbocycles. The molecule has 2 rings (SSSR count). The molecule has 1 aromatic carbocycles. The number of nitro groups is 1. The zero-order valence-corrected chi connectivity index (χ0v) is 17.2. The van der Waals surface area contributed by atoms with Gasteiger partial charge >= 0.3 is 0 Å². The molecule has 156 valence electrons. The van der Waals surface area contributed by atoms with Crippen LogP contribution in [0.4, 0.5) is 5.69 Å². The quantitative estimate of drug-likeness (QED) is 0.285. The van der Waals surface area contributed by atoms with Crippen molar-refractivity contribution in [3.8, 4) is 0 Å². The average molecular weight is 412 g/mol. The Hall–Kier alpha value is -2.20. The molecular formula is C18H29N5O4S. The molecule has 28 heavy (non-hydrogen) atoms. The fraction of sp³-hybridized carbons (Fsp3) is 0.611. The monoisotopic (exact) mass is 411 g/mol. The van der Waals surface area contributed by atoms with E-state index in [0.717, 1.165) is 31.5 Å². The van der Waals surface area contributed by atoms with Crippen LogP contribution in [0.15, 0.2) is 29.3 Å². The zero-order chi connectivity index (χ0) is 20.6. The molecule has 0 amide bonds. The van der Waals surface area contributed by atoms with Gasteiger partial charge in [-0.3, -0.25) is 10.1 Å². The number of benzene rings is 1. The van der Waals surface area contributed by atoms with E-state index >= 15 is 0 Å². The third-order valence-electron chi connectivity index (χ3n) is 4.59. The minimum atomic E-state index is -2.93. The van der Waals surface area contributed by atoms with Crippen LogP contribution in [0.25, 0.3) is 0 Å². The maximum Gasteiger partial charge on any atom is 0.269 e. The lowest BCUT2D eigenvalue weighted by atomic mass is 10.1. The average Bonchev–Trinajstić information content (AvgIpc) is 2.65. The number of likely N-dealkylation sites (tertiary alicyclic amines) is 1. The highest BCUT2D eigenvalue weighted by molar-refractivity contribution is 7.90. The van der Waals surface area contributed by atoms with Crippen LogP contribution in [0.2, 0.25) is 0 Å². The zero-order valence-electron chi connectivity index (χ0n) is 16.4. The normalized spacial score (nSPS) is 16.7. The lowest BCUT2D eigenvalue weighted by molar-refractivity contribution is -0.384. The number of aliphatic imine (C=N–C) groups is 1. The van der Waals surface area contributed by atoms with Crippen LogP contribution in [0.3, 0.4) is 0 Å². The summed E-state index contributed by atoms with van der Waals surface area (Å²) < 4.78 is 22.6. The summed E-state index contributed by atoms with van der Waals surface area (Å²) in [4.78, 5) is 17.2. The van der Waals surface area contributed by atoms with E-state index in [2.05, 4.69) is 20.5 Å². The molecule has 0 unspecified atom stereocenters. The largest absolute Gasteiger partial charge is 0.357 e. The molecule has 9 nitrogen and oxygen atoms in total. The van der Waals surface area contributed by atoms with Crippen LogP contribution in [0.5, 0.6) is 0 Å². The van der Waals surface area contributed by atoms with Crippen LogP contribution >= 0.6 is 0 Å². The Kier molecular flexibility index (Phi) is 8.18. The molecule has 1 heterocycles. The van der Waals surface area contributed by atoms with Crippen molar-refractivity contribution in [2.75, 3.05) is 38.2 Å². The molecule has 10 heteroatoms. The number of rotatable bonds is 8. The Balaban J connectivity index is 1.88. The van der Waals surface area contributed by atoms with Crippen LogP contribution in [-0.4, -0.2) is 68.4 Å². The Labute approximate surface area is 166 Å². The maximum absolute atomic E-state index is 11.3. The third-order valence-corrected chi connectivity index (χ3v) is 5.52. The molecule has 1 fully saturated rings. The van der Waals surface area contributed by atoms with Crippen molar-refractivity contribution < 1.29 is 13.3 Å². The van der Waals surface area contributed by atoms with Gasteiger partial charge < -0.3 is 15.5 Å². The fourth-order valence-corrected chi connectivity index (χ4v) is 3.64. The Morgan fingerprint density at radius 2 is 2.07 bits per heavy atom. The number of nitrogens with one attached hydrogen (secondary N) is 2. The van der Waals surface area contributed by atoms with Crippen LogP contribution in [0, 0.1) is 10.1 Å². The van der Waals surface area contributed by atoms with Gasteiger partial charge in [-0.2, -0.15) is 0 Å². The minimum Gasteiger partial charge on any atom is -0.357 e. The van der Waals surface area contributed by atoms with Crippen molar-refractivity contribution in [2.24, 2.45) is 4.99 Å². The van der Waals surface area contributed by atoms with Gasteiger partial charge in [-0.25, -0.2) is 13.4 Å². The third kappa shape index (κ3) is 7.81. The molecular weight excluding hydrogens is 382 g/mol. The number of guanidine groups is 1. The second kappa shape index (κ2) is 10.4. The lowest BCUT2D eigenvalue weighted by Crippen LogP contribution is -2.49. The highest BCUT2D eigenvalue weighted by Crippen LogP contribution is 2.14. The van der Waals surface area contributed by atoms with Crippen molar-refractivity contribution in [2.45, 2.75) is 32.4 Å². The van der Waals surface area contributed by atoms with Crippen molar-refractivity contribution in [3.63, 3.8) is 0 Å². The molecule has 0 radical (unpaired) electrons. The van der Waals surface area contributed by atoms with Gasteiger partial charge in [0.25, 0.3) is 5.69 Å². The molecule has 1 saturated heterocycles. The van der Waals surface area contributed by atoms with Gasteiger partial charge in [0.05, 0.1) is 17.2 Å². The molecule has 0 bridgehead atoms. The first-order valence-corrected chi connectivity index (χ1v) is 11.5. The van der Waals surface area contributed by atoms with Crippen LogP contribution in [-0.2, 0) is 16.4 Å². The van der Waals surface area contributed by atoms with Crippen molar-refractivity contribution in [1.29, 1.82) is 0 Å². The summed E-state index contributed by atoms with van der Waals surface area (Å²) in [7, 11) is -2.93. The van der Waals surface area contributed by atoms with Crippen molar-refractivity contribution in [1.82, 2.24) is 15.5 Å². The van der Waals surface area contributed by atoms with E-state index < -0.39 is 14.8 Å². The summed E-state index contributed by atoms with van der Waals surface area (Å²) >= 11 is 0. The maximum atomic E-state index is 11.3. The molecule has 2 N–H and O–H groups in total. The standard InChI is InChI=1S/C18H29N5O4S/c1-3-19-18(20-14-15-5-4-6-17(13-15)23(24)25)21-16-7-9-22(10-8-16)11-12-28(2,26)27/h4-6,13,16H,3,7-12,14H2,1-2H3,(H2,19,20,21). The minimum absolute atomic E-state index is 0.0622.